The van der Waals surface area contributed by atoms with E-state index in [1.165, 1.54) is 12.0 Å². The lowest BCUT2D eigenvalue weighted by Gasteiger charge is -2.17. The number of unbranched alkanes of at least 4 members (excludes halogenated alkanes) is 1. The molecule has 1 atom stereocenters. The molecule has 0 aromatic heterocycles. The largest absolute Gasteiger partial charge is 0.379 e. The van der Waals surface area contributed by atoms with Crippen molar-refractivity contribution >= 4 is 31.9 Å². The van der Waals surface area contributed by atoms with E-state index in [4.69, 9.17) is 9.47 Å². The van der Waals surface area contributed by atoms with Gasteiger partial charge < -0.3 is 9.47 Å². The maximum atomic E-state index is 5.84. The normalized spacial score (nSPS) is 12.6. The Bertz CT molecular complexity index is 331. The van der Waals surface area contributed by atoms with E-state index in [9.17, 15) is 0 Å². The van der Waals surface area contributed by atoms with E-state index in [2.05, 4.69) is 44.8 Å². The van der Waals surface area contributed by atoms with Crippen molar-refractivity contribution in [3.8, 4) is 0 Å². The second kappa shape index (κ2) is 9.96. The highest BCUT2D eigenvalue weighted by atomic mass is 79.9. The van der Waals surface area contributed by atoms with E-state index < -0.39 is 0 Å². The van der Waals surface area contributed by atoms with Crippen LogP contribution in [-0.2, 0) is 9.47 Å². The van der Waals surface area contributed by atoms with Crippen molar-refractivity contribution in [3.63, 3.8) is 0 Å². The zero-order chi connectivity index (χ0) is 13.2. The number of ether oxygens (including phenoxy) is 2. The quantitative estimate of drug-likeness (QED) is 0.456. The summed E-state index contributed by atoms with van der Waals surface area (Å²) in [6.45, 7) is 4.27. The zero-order valence-electron chi connectivity index (χ0n) is 10.7. The molecule has 2 nitrogen and oxygen atoms in total. The van der Waals surface area contributed by atoms with E-state index in [1.807, 2.05) is 18.2 Å². The third kappa shape index (κ3) is 5.83. The van der Waals surface area contributed by atoms with Gasteiger partial charge in [0.2, 0.25) is 0 Å². The van der Waals surface area contributed by atoms with Crippen LogP contribution in [0.3, 0.4) is 0 Å². The van der Waals surface area contributed by atoms with Crippen molar-refractivity contribution in [1.82, 2.24) is 0 Å². The van der Waals surface area contributed by atoms with Crippen LogP contribution in [0.4, 0.5) is 0 Å². The van der Waals surface area contributed by atoms with Crippen LogP contribution in [0.1, 0.15) is 31.4 Å². The fourth-order valence-corrected chi connectivity index (χ4v) is 2.63. The van der Waals surface area contributed by atoms with Gasteiger partial charge >= 0.3 is 0 Å². The molecule has 0 aliphatic rings. The zero-order valence-corrected chi connectivity index (χ0v) is 13.9. The minimum Gasteiger partial charge on any atom is -0.379 e. The van der Waals surface area contributed by atoms with Gasteiger partial charge in [0.15, 0.2) is 0 Å². The van der Waals surface area contributed by atoms with Crippen LogP contribution in [0.25, 0.3) is 0 Å². The molecule has 1 aromatic carbocycles. The Hall–Kier alpha value is 0.1000. The second-order valence-corrected chi connectivity index (χ2v) is 5.50. The van der Waals surface area contributed by atoms with E-state index in [-0.39, 0.29) is 6.10 Å². The molecule has 1 rings (SSSR count). The molecule has 0 N–H and O–H groups in total. The molecule has 0 saturated heterocycles. The molecule has 18 heavy (non-hydrogen) atoms. The maximum absolute atomic E-state index is 5.84. The number of halogens is 2. The molecule has 0 saturated carbocycles. The van der Waals surface area contributed by atoms with Crippen LogP contribution >= 0.6 is 31.9 Å². The molecule has 0 radical (unpaired) electrons. The Balaban J connectivity index is 2.32. The molecular weight excluding hydrogens is 360 g/mol. The fourth-order valence-electron chi connectivity index (χ4n) is 1.55. The first-order chi connectivity index (χ1) is 8.79. The minimum absolute atomic E-state index is 0.0651. The predicted molar refractivity (Wildman–Crippen MR) is 82.4 cm³/mol. The summed E-state index contributed by atoms with van der Waals surface area (Å²) in [6.07, 6.45) is 2.35. The lowest BCUT2D eigenvalue weighted by Crippen LogP contribution is -2.12. The SMILES string of the molecule is CCCCOCCOC(CBr)c1ccccc1Br. The Morgan fingerprint density at radius 1 is 1.17 bits per heavy atom. The monoisotopic (exact) mass is 378 g/mol. The second-order valence-electron chi connectivity index (χ2n) is 4.00. The van der Waals surface area contributed by atoms with Crippen molar-refractivity contribution in [2.75, 3.05) is 25.2 Å². The number of hydrogen-bond donors (Lipinski definition) is 0. The van der Waals surface area contributed by atoms with Crippen molar-refractivity contribution in [2.45, 2.75) is 25.9 Å². The predicted octanol–water partition coefficient (Wildman–Crippen LogP) is 4.72. The standard InChI is InChI=1S/C14H20Br2O2/c1-2-3-8-17-9-10-18-14(11-15)12-6-4-5-7-13(12)16/h4-7,14H,2-3,8-11H2,1H3. The van der Waals surface area contributed by atoms with Gasteiger partial charge in [-0.05, 0) is 18.1 Å². The summed E-state index contributed by atoms with van der Waals surface area (Å²) in [5.41, 5.74) is 1.17. The van der Waals surface area contributed by atoms with E-state index in [1.54, 1.807) is 0 Å². The van der Waals surface area contributed by atoms with Gasteiger partial charge in [-0.15, -0.1) is 0 Å². The molecule has 0 aliphatic carbocycles. The molecule has 102 valence electrons. The molecule has 0 amide bonds. The first-order valence-electron chi connectivity index (χ1n) is 6.29. The minimum atomic E-state index is 0.0651. The van der Waals surface area contributed by atoms with Gasteiger partial charge in [-0.25, -0.2) is 0 Å². The lowest BCUT2D eigenvalue weighted by molar-refractivity contribution is 0.0130. The first-order valence-corrected chi connectivity index (χ1v) is 8.20. The van der Waals surface area contributed by atoms with Crippen molar-refractivity contribution in [3.05, 3.63) is 34.3 Å². The van der Waals surface area contributed by atoms with Crippen molar-refractivity contribution < 1.29 is 9.47 Å². The molecule has 0 spiro atoms. The maximum Gasteiger partial charge on any atom is 0.0933 e. The van der Waals surface area contributed by atoms with Gasteiger partial charge in [-0.2, -0.15) is 0 Å². The van der Waals surface area contributed by atoms with Crippen LogP contribution in [-0.4, -0.2) is 25.2 Å². The average molecular weight is 380 g/mol. The third-order valence-electron chi connectivity index (χ3n) is 2.58. The van der Waals surface area contributed by atoms with Gasteiger partial charge in [0.25, 0.3) is 0 Å². The van der Waals surface area contributed by atoms with Crippen LogP contribution in [0.5, 0.6) is 0 Å². The molecule has 0 heterocycles. The van der Waals surface area contributed by atoms with Crippen LogP contribution in [0, 0.1) is 0 Å². The van der Waals surface area contributed by atoms with Gasteiger partial charge in [0.1, 0.15) is 0 Å². The number of rotatable bonds is 9. The average Bonchev–Trinajstić information content (AvgIpc) is 2.39. The lowest BCUT2D eigenvalue weighted by atomic mass is 10.1. The number of benzene rings is 1. The van der Waals surface area contributed by atoms with Crippen molar-refractivity contribution in [1.29, 1.82) is 0 Å². The Kier molecular flexibility index (Phi) is 8.94. The third-order valence-corrected chi connectivity index (χ3v) is 3.89. The molecule has 0 aliphatic heterocycles. The van der Waals surface area contributed by atoms with E-state index in [0.29, 0.717) is 13.2 Å². The molecular formula is C14H20Br2O2. The van der Waals surface area contributed by atoms with Gasteiger partial charge in [0, 0.05) is 16.4 Å². The van der Waals surface area contributed by atoms with Crippen molar-refractivity contribution in [2.24, 2.45) is 0 Å². The van der Waals surface area contributed by atoms with Gasteiger partial charge in [0.05, 0.1) is 19.3 Å². The Morgan fingerprint density at radius 2 is 1.94 bits per heavy atom. The molecule has 0 fully saturated rings. The summed E-state index contributed by atoms with van der Waals surface area (Å²) < 4.78 is 12.4. The smallest absolute Gasteiger partial charge is 0.0933 e. The molecule has 1 aromatic rings. The van der Waals surface area contributed by atoms with Crippen LogP contribution < -0.4 is 0 Å². The molecule has 4 heteroatoms. The summed E-state index contributed by atoms with van der Waals surface area (Å²) in [7, 11) is 0. The van der Waals surface area contributed by atoms with Gasteiger partial charge in [-0.1, -0.05) is 63.4 Å². The number of hydrogen-bond acceptors (Lipinski definition) is 2. The topological polar surface area (TPSA) is 18.5 Å². The van der Waals surface area contributed by atoms with Crippen LogP contribution in [0.2, 0.25) is 0 Å². The highest BCUT2D eigenvalue weighted by Gasteiger charge is 2.13. The highest BCUT2D eigenvalue weighted by Crippen LogP contribution is 2.27. The summed E-state index contributed by atoms with van der Waals surface area (Å²) in [5.74, 6) is 0. The summed E-state index contributed by atoms with van der Waals surface area (Å²) in [6, 6.07) is 8.14. The van der Waals surface area contributed by atoms with Gasteiger partial charge in [-0.3, -0.25) is 0 Å². The van der Waals surface area contributed by atoms with E-state index >= 15 is 0 Å². The number of alkyl halides is 1. The summed E-state index contributed by atoms with van der Waals surface area (Å²) in [5, 5.41) is 0.782. The Labute approximate surface area is 126 Å². The molecule has 1 unspecified atom stereocenters. The summed E-state index contributed by atoms with van der Waals surface area (Å²) >= 11 is 7.04. The van der Waals surface area contributed by atoms with E-state index in [0.717, 1.165) is 22.8 Å². The first kappa shape index (κ1) is 16.2. The van der Waals surface area contributed by atoms with Crippen LogP contribution in [0.15, 0.2) is 28.7 Å². The summed E-state index contributed by atoms with van der Waals surface area (Å²) in [4.78, 5) is 0. The fraction of sp³-hybridized carbons (Fsp3) is 0.571. The highest BCUT2D eigenvalue weighted by molar-refractivity contribution is 9.10. The molecule has 0 bridgehead atoms. The Morgan fingerprint density at radius 3 is 2.61 bits per heavy atom.